The van der Waals surface area contributed by atoms with E-state index in [-0.39, 0.29) is 12.5 Å². The second kappa shape index (κ2) is 6.27. The second-order valence-electron chi connectivity index (χ2n) is 5.80. The molecular weight excluding hydrogens is 252 g/mol. The number of carbonyl (C=O) groups excluding carboxylic acids is 1. The molecule has 0 radical (unpaired) electrons. The maximum Gasteiger partial charge on any atom is 0.254 e. The summed E-state index contributed by atoms with van der Waals surface area (Å²) >= 11 is 0. The van der Waals surface area contributed by atoms with Crippen molar-refractivity contribution in [3.05, 3.63) is 28.8 Å². The van der Waals surface area contributed by atoms with Crippen molar-refractivity contribution in [2.75, 3.05) is 25.4 Å². The van der Waals surface area contributed by atoms with Crippen LogP contribution in [-0.2, 0) is 0 Å². The molecule has 0 spiro atoms. The maximum absolute atomic E-state index is 12.6. The van der Waals surface area contributed by atoms with Crippen LogP contribution in [0.1, 0.15) is 40.7 Å². The van der Waals surface area contributed by atoms with E-state index in [2.05, 4.69) is 0 Å². The lowest BCUT2D eigenvalue weighted by Crippen LogP contribution is -2.40. The lowest BCUT2D eigenvalue weighted by Gasteiger charge is -2.33. The minimum atomic E-state index is 0.0665. The van der Waals surface area contributed by atoms with E-state index in [0.717, 1.165) is 43.5 Å². The lowest BCUT2D eigenvalue weighted by molar-refractivity contribution is 0.0653. The number of rotatable bonds is 3. The Bertz CT molecular complexity index is 497. The highest BCUT2D eigenvalue weighted by Gasteiger charge is 2.25. The van der Waals surface area contributed by atoms with E-state index in [4.69, 9.17) is 10.8 Å². The first kappa shape index (κ1) is 14.9. The van der Waals surface area contributed by atoms with Crippen LogP contribution in [0.15, 0.2) is 12.1 Å². The highest BCUT2D eigenvalue weighted by molar-refractivity contribution is 5.96. The van der Waals surface area contributed by atoms with Gasteiger partial charge >= 0.3 is 0 Å². The minimum absolute atomic E-state index is 0.0665. The number of benzene rings is 1. The molecule has 1 heterocycles. The van der Waals surface area contributed by atoms with Crippen LogP contribution in [0.3, 0.4) is 0 Å². The van der Waals surface area contributed by atoms with Gasteiger partial charge in [0, 0.05) is 30.9 Å². The van der Waals surface area contributed by atoms with Crippen molar-refractivity contribution in [2.24, 2.45) is 5.92 Å². The van der Waals surface area contributed by atoms with E-state index in [1.165, 1.54) is 0 Å². The van der Waals surface area contributed by atoms with E-state index in [9.17, 15) is 4.79 Å². The van der Waals surface area contributed by atoms with E-state index in [1.54, 1.807) is 6.07 Å². The predicted molar refractivity (Wildman–Crippen MR) is 80.7 cm³/mol. The van der Waals surface area contributed by atoms with Gasteiger partial charge in [-0.25, -0.2) is 0 Å². The fourth-order valence-corrected chi connectivity index (χ4v) is 2.94. The van der Waals surface area contributed by atoms with Crippen LogP contribution in [0, 0.1) is 19.8 Å². The first-order valence-corrected chi connectivity index (χ1v) is 7.29. The summed E-state index contributed by atoms with van der Waals surface area (Å²) < 4.78 is 0. The van der Waals surface area contributed by atoms with Gasteiger partial charge in [0.15, 0.2) is 0 Å². The SMILES string of the molecule is Cc1cc(C)c(C(=O)N2CCCC(CCO)C2)cc1N. The number of carbonyl (C=O) groups is 1. The Hall–Kier alpha value is -1.55. The monoisotopic (exact) mass is 276 g/mol. The third-order valence-electron chi connectivity index (χ3n) is 4.19. The minimum Gasteiger partial charge on any atom is -0.398 e. The molecular formula is C16H24N2O2. The summed E-state index contributed by atoms with van der Waals surface area (Å²) in [5.74, 6) is 0.484. The van der Waals surface area contributed by atoms with Crippen molar-refractivity contribution < 1.29 is 9.90 Å². The number of aliphatic hydroxyl groups is 1. The highest BCUT2D eigenvalue weighted by atomic mass is 16.3. The molecule has 1 unspecified atom stereocenters. The number of anilines is 1. The van der Waals surface area contributed by atoms with Crippen molar-refractivity contribution in [1.82, 2.24) is 4.90 Å². The highest BCUT2D eigenvalue weighted by Crippen LogP contribution is 2.24. The molecule has 1 aromatic rings. The first-order chi connectivity index (χ1) is 9.52. The molecule has 1 fully saturated rings. The summed E-state index contributed by atoms with van der Waals surface area (Å²) in [6, 6.07) is 3.76. The van der Waals surface area contributed by atoms with Gasteiger partial charge in [-0.15, -0.1) is 0 Å². The molecule has 2 rings (SSSR count). The molecule has 1 aliphatic rings. The van der Waals surface area contributed by atoms with E-state index < -0.39 is 0 Å². The molecule has 4 heteroatoms. The topological polar surface area (TPSA) is 66.6 Å². The normalized spacial score (nSPS) is 19.1. The number of amides is 1. The Morgan fingerprint density at radius 3 is 2.85 bits per heavy atom. The summed E-state index contributed by atoms with van der Waals surface area (Å²) in [5, 5.41) is 9.05. The van der Waals surface area contributed by atoms with Crippen molar-refractivity contribution in [2.45, 2.75) is 33.1 Å². The second-order valence-corrected chi connectivity index (χ2v) is 5.80. The van der Waals surface area contributed by atoms with Gasteiger partial charge < -0.3 is 15.7 Å². The number of aliphatic hydroxyl groups excluding tert-OH is 1. The molecule has 0 aromatic heterocycles. The molecule has 4 nitrogen and oxygen atoms in total. The van der Waals surface area contributed by atoms with Crippen molar-refractivity contribution >= 4 is 11.6 Å². The number of nitrogens with two attached hydrogens (primary N) is 1. The first-order valence-electron chi connectivity index (χ1n) is 7.29. The Kier molecular flexibility index (Phi) is 4.65. The summed E-state index contributed by atoms with van der Waals surface area (Å²) in [7, 11) is 0. The van der Waals surface area contributed by atoms with E-state index in [0.29, 0.717) is 17.2 Å². The molecule has 1 saturated heterocycles. The fraction of sp³-hybridized carbons (Fsp3) is 0.562. The van der Waals surface area contributed by atoms with Gasteiger partial charge in [-0.3, -0.25) is 4.79 Å². The molecule has 110 valence electrons. The van der Waals surface area contributed by atoms with Crippen LogP contribution in [0.25, 0.3) is 0 Å². The Morgan fingerprint density at radius 1 is 1.40 bits per heavy atom. The van der Waals surface area contributed by atoms with Crippen LogP contribution in [-0.4, -0.2) is 35.6 Å². The number of nitrogen functional groups attached to an aromatic ring is 1. The van der Waals surface area contributed by atoms with Crippen LogP contribution >= 0.6 is 0 Å². The molecule has 1 aliphatic heterocycles. The van der Waals surface area contributed by atoms with Crippen LogP contribution in [0.5, 0.6) is 0 Å². The van der Waals surface area contributed by atoms with Gasteiger partial charge in [-0.05, 0) is 56.2 Å². The molecule has 3 N–H and O–H groups in total. The molecule has 20 heavy (non-hydrogen) atoms. The molecule has 1 amide bonds. The molecule has 0 saturated carbocycles. The van der Waals surface area contributed by atoms with Gasteiger partial charge in [0.05, 0.1) is 0 Å². The Labute approximate surface area is 120 Å². The van der Waals surface area contributed by atoms with Crippen molar-refractivity contribution in [1.29, 1.82) is 0 Å². The summed E-state index contributed by atoms with van der Waals surface area (Å²) in [5.41, 5.74) is 9.29. The largest absolute Gasteiger partial charge is 0.398 e. The van der Waals surface area contributed by atoms with Gasteiger partial charge in [-0.1, -0.05) is 6.07 Å². The lowest BCUT2D eigenvalue weighted by atomic mass is 9.94. The van der Waals surface area contributed by atoms with Gasteiger partial charge in [0.25, 0.3) is 5.91 Å². The number of hydrogen-bond donors (Lipinski definition) is 2. The van der Waals surface area contributed by atoms with E-state index in [1.807, 2.05) is 24.8 Å². The van der Waals surface area contributed by atoms with Crippen molar-refractivity contribution in [3.8, 4) is 0 Å². The van der Waals surface area contributed by atoms with Crippen LogP contribution < -0.4 is 5.73 Å². The molecule has 0 bridgehead atoms. The predicted octanol–water partition coefficient (Wildman–Crippen LogP) is 2.12. The average molecular weight is 276 g/mol. The number of nitrogens with zero attached hydrogens (tertiary/aromatic N) is 1. The molecule has 0 aliphatic carbocycles. The van der Waals surface area contributed by atoms with Crippen LogP contribution in [0.4, 0.5) is 5.69 Å². The van der Waals surface area contributed by atoms with Gasteiger partial charge in [0.1, 0.15) is 0 Å². The quantitative estimate of drug-likeness (QED) is 0.831. The number of hydrogen-bond acceptors (Lipinski definition) is 3. The Morgan fingerprint density at radius 2 is 2.15 bits per heavy atom. The number of likely N-dealkylation sites (tertiary alicyclic amines) is 1. The number of piperidine rings is 1. The zero-order valence-corrected chi connectivity index (χ0v) is 12.4. The van der Waals surface area contributed by atoms with E-state index >= 15 is 0 Å². The summed E-state index contributed by atoms with van der Waals surface area (Å²) in [6.07, 6.45) is 2.88. The van der Waals surface area contributed by atoms with Gasteiger partial charge in [-0.2, -0.15) is 0 Å². The standard InChI is InChI=1S/C16H24N2O2/c1-11-8-12(2)15(17)9-14(11)16(20)18-6-3-4-13(10-18)5-7-19/h8-9,13,19H,3-7,10,17H2,1-2H3. The third-order valence-corrected chi connectivity index (χ3v) is 4.19. The fourth-order valence-electron chi connectivity index (χ4n) is 2.94. The summed E-state index contributed by atoms with van der Waals surface area (Å²) in [4.78, 5) is 14.5. The zero-order chi connectivity index (χ0) is 14.7. The average Bonchev–Trinajstić information content (AvgIpc) is 2.43. The zero-order valence-electron chi connectivity index (χ0n) is 12.4. The van der Waals surface area contributed by atoms with Crippen molar-refractivity contribution in [3.63, 3.8) is 0 Å². The summed E-state index contributed by atoms with van der Waals surface area (Å²) in [6.45, 7) is 5.65. The van der Waals surface area contributed by atoms with Gasteiger partial charge in [0.2, 0.25) is 0 Å². The van der Waals surface area contributed by atoms with Crippen LogP contribution in [0.2, 0.25) is 0 Å². The molecule has 1 atom stereocenters. The Balaban J connectivity index is 2.16. The third kappa shape index (κ3) is 3.12. The maximum atomic E-state index is 12.6. The molecule has 1 aromatic carbocycles. The number of aryl methyl sites for hydroxylation is 2. The smallest absolute Gasteiger partial charge is 0.254 e.